The summed E-state index contributed by atoms with van der Waals surface area (Å²) in [6.45, 7) is 0. The molecular formula is C24H12F9NO4S. The van der Waals surface area contributed by atoms with E-state index in [0.29, 0.717) is 10.9 Å². The van der Waals surface area contributed by atoms with Crippen LogP contribution < -0.4 is 0 Å². The first kappa shape index (κ1) is 28.4. The molecule has 1 unspecified atom stereocenters. The van der Waals surface area contributed by atoms with Crippen LogP contribution in [0, 0.1) is 0 Å². The van der Waals surface area contributed by atoms with Gasteiger partial charge in [0.2, 0.25) is 0 Å². The van der Waals surface area contributed by atoms with Crippen LogP contribution in [0.15, 0.2) is 60.7 Å². The van der Waals surface area contributed by atoms with Crippen LogP contribution in [0.2, 0.25) is 0 Å². The van der Waals surface area contributed by atoms with Crippen molar-refractivity contribution in [3.63, 3.8) is 0 Å². The lowest BCUT2D eigenvalue weighted by molar-refractivity contribution is -0.458. The summed E-state index contributed by atoms with van der Waals surface area (Å²) in [6, 6.07) is 15.7. The smallest absolute Gasteiger partial charge is 0.266 e. The molecule has 1 heterocycles. The highest BCUT2D eigenvalue weighted by Gasteiger charge is 2.84. The lowest BCUT2D eigenvalue weighted by Crippen LogP contribution is -2.63. The van der Waals surface area contributed by atoms with Gasteiger partial charge in [-0.15, -0.1) is 10.0 Å². The Morgan fingerprint density at radius 1 is 0.744 bits per heavy atom. The molecule has 1 aliphatic rings. The second kappa shape index (κ2) is 9.88. The van der Waals surface area contributed by atoms with Crippen LogP contribution >= 0.6 is 12.0 Å². The van der Waals surface area contributed by atoms with Crippen molar-refractivity contribution >= 4 is 46.8 Å². The molecule has 0 radical (unpaired) electrons. The van der Waals surface area contributed by atoms with Crippen LogP contribution in [0.25, 0.3) is 22.9 Å². The van der Waals surface area contributed by atoms with E-state index in [2.05, 4.69) is 4.28 Å². The van der Waals surface area contributed by atoms with Crippen molar-refractivity contribution in [1.29, 1.82) is 0 Å². The monoisotopic (exact) mass is 581 g/mol. The van der Waals surface area contributed by atoms with E-state index in [4.69, 9.17) is 0 Å². The van der Waals surface area contributed by atoms with Gasteiger partial charge in [-0.25, -0.2) is 0 Å². The molecule has 2 amide bonds. The van der Waals surface area contributed by atoms with Gasteiger partial charge in [-0.3, -0.25) is 9.59 Å². The zero-order valence-electron chi connectivity index (χ0n) is 18.8. The number of rotatable bonds is 8. The highest BCUT2D eigenvalue weighted by Crippen LogP contribution is 2.57. The molecule has 0 bridgehead atoms. The van der Waals surface area contributed by atoms with Crippen LogP contribution in [0.3, 0.4) is 0 Å². The third-order valence-corrected chi connectivity index (χ3v) is 6.31. The molecule has 0 N–H and O–H groups in total. The van der Waals surface area contributed by atoms with Gasteiger partial charge in [-0.2, -0.15) is 39.4 Å². The molecule has 0 spiro atoms. The van der Waals surface area contributed by atoms with Gasteiger partial charge in [0.25, 0.3) is 11.8 Å². The second-order valence-corrected chi connectivity index (χ2v) is 8.83. The summed E-state index contributed by atoms with van der Waals surface area (Å²) in [4.78, 5) is 27.5. The molecule has 0 fully saturated rings. The summed E-state index contributed by atoms with van der Waals surface area (Å²) in [5, 5.41) is -6.11. The van der Waals surface area contributed by atoms with E-state index in [-0.39, 0.29) is 16.5 Å². The number of alkyl halides is 8. The fourth-order valence-electron chi connectivity index (χ4n) is 3.66. The van der Waals surface area contributed by atoms with Crippen molar-refractivity contribution in [1.82, 2.24) is 5.06 Å². The number of imide groups is 1. The molecule has 0 saturated carbocycles. The van der Waals surface area contributed by atoms with E-state index in [9.17, 15) is 49.2 Å². The Morgan fingerprint density at radius 3 is 1.95 bits per heavy atom. The Kier molecular flexibility index (Phi) is 7.21. The number of halogens is 9. The Bertz CT molecular complexity index is 1440. The van der Waals surface area contributed by atoms with E-state index in [0.717, 1.165) is 11.6 Å². The molecule has 3 aromatic carbocycles. The van der Waals surface area contributed by atoms with Crippen molar-refractivity contribution in [2.24, 2.45) is 0 Å². The van der Waals surface area contributed by atoms with E-state index in [1.165, 1.54) is 18.2 Å². The summed E-state index contributed by atoms with van der Waals surface area (Å²) >= 11 is -1.84. The lowest BCUT2D eigenvalue weighted by Gasteiger charge is -2.35. The third-order valence-electron chi connectivity index (χ3n) is 5.62. The van der Waals surface area contributed by atoms with Crippen molar-refractivity contribution in [2.45, 2.75) is 23.2 Å². The minimum absolute atomic E-state index is 0.0647. The molecule has 0 aromatic heterocycles. The van der Waals surface area contributed by atoms with Crippen molar-refractivity contribution in [3.05, 3.63) is 82.9 Å². The molecule has 39 heavy (non-hydrogen) atoms. The third kappa shape index (κ3) is 4.63. The molecule has 15 heteroatoms. The average Bonchev–Trinajstić information content (AvgIpc) is 2.89. The van der Waals surface area contributed by atoms with Gasteiger partial charge in [0, 0.05) is 5.39 Å². The maximum atomic E-state index is 14.2. The van der Waals surface area contributed by atoms with Crippen molar-refractivity contribution in [3.8, 4) is 0 Å². The Morgan fingerprint density at radius 2 is 1.36 bits per heavy atom. The van der Waals surface area contributed by atoms with Crippen molar-refractivity contribution < 1.29 is 58.5 Å². The molecule has 4 rings (SSSR count). The highest BCUT2D eigenvalue weighted by molar-refractivity contribution is 7.95. The van der Waals surface area contributed by atoms with Gasteiger partial charge in [-0.05, 0) is 33.2 Å². The molecule has 0 saturated heterocycles. The number of hydrogen-bond acceptors (Lipinski definition) is 5. The summed E-state index contributed by atoms with van der Waals surface area (Å²) in [7, 11) is 0. The van der Waals surface area contributed by atoms with E-state index in [1.54, 1.807) is 41.4 Å². The quantitative estimate of drug-likeness (QED) is 0.119. The number of amides is 2. The zero-order valence-corrected chi connectivity index (χ0v) is 19.6. The van der Waals surface area contributed by atoms with Gasteiger partial charge in [-0.1, -0.05) is 60.7 Å². The van der Waals surface area contributed by atoms with Crippen LogP contribution in [-0.2, 0) is 9.23 Å². The molecule has 206 valence electrons. The first-order valence-electron chi connectivity index (χ1n) is 10.5. The van der Waals surface area contributed by atoms with Gasteiger partial charge in [0.15, 0.2) is 0 Å². The minimum atomic E-state index is -7.08. The normalized spacial score (nSPS) is 16.3. The Labute approximate surface area is 216 Å². The fraction of sp³-hybridized carbons (Fsp3) is 0.167. The topological polar surface area (TPSA) is 55.8 Å². The number of benzene rings is 3. The highest BCUT2D eigenvalue weighted by atomic mass is 32.2. The lowest BCUT2D eigenvalue weighted by atomic mass is 9.92. The number of hydroxylamine groups is 2. The van der Waals surface area contributed by atoms with Crippen LogP contribution in [0.4, 0.5) is 39.6 Å². The van der Waals surface area contributed by atoms with Gasteiger partial charge >= 0.3 is 23.2 Å². The van der Waals surface area contributed by atoms with Gasteiger partial charge in [0.05, 0.1) is 11.1 Å². The minimum Gasteiger partial charge on any atom is -0.266 e. The fourth-order valence-corrected chi connectivity index (χ4v) is 4.23. The first-order valence-corrected chi connectivity index (χ1v) is 11.2. The molecule has 1 atom stereocenters. The Hall–Kier alpha value is -3.56. The summed E-state index contributed by atoms with van der Waals surface area (Å²) in [6.07, 6.45) is -3.61. The van der Waals surface area contributed by atoms with Gasteiger partial charge < -0.3 is 0 Å². The van der Waals surface area contributed by atoms with Crippen LogP contribution in [0.1, 0.15) is 31.8 Å². The SMILES string of the molecule is O=C1c2cccc3c(/C=C/c4ccccc4)ccc(c23)C(=O)N1OSC(F)(F)C(F)(OF)C(F)(F)C(F)(F)F. The second-order valence-electron chi connectivity index (χ2n) is 8.00. The summed E-state index contributed by atoms with van der Waals surface area (Å²) < 4.78 is 123. The number of nitrogens with zero attached hydrogens (tertiary/aromatic N) is 1. The molecule has 0 aliphatic carbocycles. The summed E-state index contributed by atoms with van der Waals surface area (Å²) in [5.41, 5.74) is 0.761. The first-order chi connectivity index (χ1) is 18.2. The van der Waals surface area contributed by atoms with Crippen LogP contribution in [0.5, 0.6) is 0 Å². The van der Waals surface area contributed by atoms with E-state index >= 15 is 0 Å². The van der Waals surface area contributed by atoms with Crippen molar-refractivity contribution in [2.75, 3.05) is 0 Å². The zero-order chi connectivity index (χ0) is 28.8. The average molecular weight is 581 g/mol. The molecule has 5 nitrogen and oxygen atoms in total. The number of carbonyl (C=O) groups is 2. The summed E-state index contributed by atoms with van der Waals surface area (Å²) in [5.74, 6) is -16.6. The maximum Gasteiger partial charge on any atom is 0.459 e. The van der Waals surface area contributed by atoms with Crippen LogP contribution in [-0.4, -0.2) is 40.1 Å². The predicted octanol–water partition coefficient (Wildman–Crippen LogP) is 7.54. The van der Waals surface area contributed by atoms with E-state index < -0.39 is 52.1 Å². The maximum absolute atomic E-state index is 14.2. The number of carbonyl (C=O) groups excluding carboxylic acids is 2. The predicted molar refractivity (Wildman–Crippen MR) is 120 cm³/mol. The number of hydrogen-bond donors (Lipinski definition) is 0. The Balaban J connectivity index is 1.66. The van der Waals surface area contributed by atoms with Gasteiger partial charge in [0.1, 0.15) is 12.0 Å². The van der Waals surface area contributed by atoms with E-state index in [1.807, 2.05) is 12.1 Å². The largest absolute Gasteiger partial charge is 0.459 e. The molecular weight excluding hydrogens is 569 g/mol. The molecule has 3 aromatic rings. The molecule has 1 aliphatic heterocycles. The standard InChI is InChI=1S/C24H12F9NO4S/c25-21(26,23(28,29)30)22(27,37-33)24(31,32)39-38-34-19(35)16-8-4-7-15-14(10-9-13-5-2-1-3-6-13)11-12-17(18(15)16)20(34)36/h1-12H/b10-9+.